The standard InChI is InChI=1S/C12H16F2N2OS2/c1-9(2)7-16(17)8-10-6-15-12(19-10)18-5-3-4-11(13)14/h4,6,8-9H,3,5,7H2,1-2H3/b16-8-. The van der Waals surface area contributed by atoms with Crippen molar-refractivity contribution in [2.45, 2.75) is 24.6 Å². The van der Waals surface area contributed by atoms with Crippen molar-refractivity contribution in [1.82, 2.24) is 4.98 Å². The molecule has 0 unspecified atom stereocenters. The molecule has 0 aliphatic carbocycles. The van der Waals surface area contributed by atoms with Gasteiger partial charge in [0.25, 0.3) is 6.08 Å². The number of hydrogen-bond acceptors (Lipinski definition) is 4. The maximum absolute atomic E-state index is 11.8. The van der Waals surface area contributed by atoms with Crippen LogP contribution < -0.4 is 0 Å². The molecule has 1 heterocycles. The van der Waals surface area contributed by atoms with Gasteiger partial charge in [-0.2, -0.15) is 8.78 Å². The van der Waals surface area contributed by atoms with Crippen LogP contribution in [-0.2, 0) is 0 Å². The van der Waals surface area contributed by atoms with Crippen molar-refractivity contribution >= 4 is 29.3 Å². The molecule has 0 amide bonds. The van der Waals surface area contributed by atoms with Gasteiger partial charge in [-0.25, -0.2) is 9.72 Å². The number of hydrogen-bond donors (Lipinski definition) is 0. The van der Waals surface area contributed by atoms with Crippen LogP contribution in [0.15, 0.2) is 22.7 Å². The Bertz CT molecular complexity index is 454. The molecule has 0 spiro atoms. The fraction of sp³-hybridized carbons (Fsp3) is 0.500. The van der Waals surface area contributed by atoms with E-state index in [0.717, 1.165) is 20.0 Å². The van der Waals surface area contributed by atoms with Crippen LogP contribution in [0.3, 0.4) is 0 Å². The van der Waals surface area contributed by atoms with Gasteiger partial charge in [0, 0.05) is 11.7 Å². The Morgan fingerprint density at radius 3 is 2.95 bits per heavy atom. The van der Waals surface area contributed by atoms with E-state index in [2.05, 4.69) is 4.98 Å². The minimum Gasteiger partial charge on any atom is -0.624 e. The molecule has 0 aliphatic heterocycles. The predicted octanol–water partition coefficient (Wildman–Crippen LogP) is 3.99. The number of allylic oxidation sites excluding steroid dienone is 1. The minimum absolute atomic E-state index is 0.304. The zero-order valence-corrected chi connectivity index (χ0v) is 12.4. The second kappa shape index (κ2) is 8.27. The Kier molecular flexibility index (Phi) is 7.01. The van der Waals surface area contributed by atoms with E-state index in [1.165, 1.54) is 29.3 Å². The summed E-state index contributed by atoms with van der Waals surface area (Å²) in [4.78, 5) is 4.92. The van der Waals surface area contributed by atoms with Crippen LogP contribution in [0.25, 0.3) is 0 Å². The monoisotopic (exact) mass is 306 g/mol. The van der Waals surface area contributed by atoms with E-state index in [-0.39, 0.29) is 0 Å². The molecule has 0 fully saturated rings. The van der Waals surface area contributed by atoms with Crippen LogP contribution in [-0.4, -0.2) is 28.2 Å². The highest BCUT2D eigenvalue weighted by atomic mass is 32.2. The molecule has 1 aromatic heterocycles. The first-order chi connectivity index (χ1) is 8.97. The molecule has 0 atom stereocenters. The van der Waals surface area contributed by atoms with Gasteiger partial charge >= 0.3 is 0 Å². The van der Waals surface area contributed by atoms with Gasteiger partial charge in [0.1, 0.15) is 4.88 Å². The molecule has 0 bridgehead atoms. The summed E-state index contributed by atoms with van der Waals surface area (Å²) < 4.78 is 25.3. The second-order valence-corrected chi connectivity index (χ2v) is 6.69. The van der Waals surface area contributed by atoms with Gasteiger partial charge in [-0.05, 0) is 12.5 Å². The lowest BCUT2D eigenvalue weighted by molar-refractivity contribution is -0.459. The number of aromatic nitrogens is 1. The van der Waals surface area contributed by atoms with Gasteiger partial charge in [-0.15, -0.1) is 11.3 Å². The third-order valence-electron chi connectivity index (χ3n) is 1.96. The van der Waals surface area contributed by atoms with E-state index in [9.17, 15) is 14.0 Å². The van der Waals surface area contributed by atoms with Crippen molar-refractivity contribution in [1.29, 1.82) is 0 Å². The lowest BCUT2D eigenvalue weighted by Crippen LogP contribution is -2.12. The molecule has 0 aromatic carbocycles. The van der Waals surface area contributed by atoms with E-state index < -0.39 is 6.08 Å². The topological polar surface area (TPSA) is 39.0 Å². The maximum Gasteiger partial charge on any atom is 0.266 e. The highest BCUT2D eigenvalue weighted by Gasteiger charge is 2.05. The summed E-state index contributed by atoms with van der Waals surface area (Å²) in [5, 5.41) is 11.5. The van der Waals surface area contributed by atoms with Crippen molar-refractivity contribution < 1.29 is 13.5 Å². The van der Waals surface area contributed by atoms with E-state index in [4.69, 9.17) is 0 Å². The SMILES string of the molecule is CC(C)C/[N+]([O-])=C/c1cnc(SCCC=C(F)F)s1. The summed E-state index contributed by atoms with van der Waals surface area (Å²) in [6, 6.07) is 0. The van der Waals surface area contributed by atoms with Gasteiger partial charge in [0.2, 0.25) is 0 Å². The smallest absolute Gasteiger partial charge is 0.266 e. The largest absolute Gasteiger partial charge is 0.624 e. The summed E-state index contributed by atoms with van der Waals surface area (Å²) in [7, 11) is 0. The number of hydroxylamine groups is 1. The predicted molar refractivity (Wildman–Crippen MR) is 76.3 cm³/mol. The van der Waals surface area contributed by atoms with Crippen molar-refractivity contribution in [2.75, 3.05) is 12.3 Å². The van der Waals surface area contributed by atoms with Gasteiger partial charge in [0.05, 0.1) is 6.20 Å². The van der Waals surface area contributed by atoms with Crippen LogP contribution in [0, 0.1) is 11.1 Å². The average Bonchev–Trinajstić information content (AvgIpc) is 2.70. The van der Waals surface area contributed by atoms with E-state index >= 15 is 0 Å². The molecule has 19 heavy (non-hydrogen) atoms. The van der Waals surface area contributed by atoms with Crippen LogP contribution in [0.4, 0.5) is 8.78 Å². The van der Waals surface area contributed by atoms with Crippen molar-refractivity contribution in [3.8, 4) is 0 Å². The fourth-order valence-corrected chi connectivity index (χ4v) is 3.16. The third kappa shape index (κ3) is 7.27. The number of thiazole rings is 1. The normalized spacial score (nSPS) is 11.9. The Morgan fingerprint density at radius 2 is 2.32 bits per heavy atom. The third-order valence-corrected chi connectivity index (χ3v) is 4.08. The van der Waals surface area contributed by atoms with Crippen molar-refractivity contribution in [2.24, 2.45) is 5.92 Å². The minimum atomic E-state index is -1.65. The first kappa shape index (κ1) is 16.1. The maximum atomic E-state index is 11.8. The molecule has 0 saturated heterocycles. The van der Waals surface area contributed by atoms with Crippen molar-refractivity contribution in [3.05, 3.63) is 28.4 Å². The second-order valence-electron chi connectivity index (χ2n) is 4.28. The molecular formula is C12H16F2N2OS2. The Balaban J connectivity index is 2.46. The van der Waals surface area contributed by atoms with Gasteiger partial charge in [-0.1, -0.05) is 25.6 Å². The zero-order chi connectivity index (χ0) is 14.3. The lowest BCUT2D eigenvalue weighted by Gasteiger charge is -2.04. The molecule has 1 rings (SSSR count). The Morgan fingerprint density at radius 1 is 1.58 bits per heavy atom. The summed E-state index contributed by atoms with van der Waals surface area (Å²) in [5.74, 6) is 0.857. The van der Waals surface area contributed by atoms with Gasteiger partial charge in [-0.3, -0.25) is 0 Å². The molecule has 7 heteroatoms. The molecule has 0 radical (unpaired) electrons. The Labute approximate surface area is 119 Å². The number of nitrogens with zero attached hydrogens (tertiary/aromatic N) is 2. The van der Waals surface area contributed by atoms with E-state index in [1.54, 1.807) is 6.20 Å². The molecule has 106 valence electrons. The first-order valence-electron chi connectivity index (χ1n) is 5.86. The summed E-state index contributed by atoms with van der Waals surface area (Å²) in [6.07, 6.45) is 2.71. The Hall–Kier alpha value is -0.950. The average molecular weight is 306 g/mol. The molecular weight excluding hydrogens is 290 g/mol. The highest BCUT2D eigenvalue weighted by Crippen LogP contribution is 2.24. The number of rotatable bonds is 7. The fourth-order valence-electron chi connectivity index (χ4n) is 1.27. The van der Waals surface area contributed by atoms with Crippen LogP contribution >= 0.6 is 23.1 Å². The van der Waals surface area contributed by atoms with Crippen molar-refractivity contribution in [3.63, 3.8) is 0 Å². The first-order valence-corrected chi connectivity index (χ1v) is 7.66. The lowest BCUT2D eigenvalue weighted by atomic mass is 10.2. The number of thioether (sulfide) groups is 1. The highest BCUT2D eigenvalue weighted by molar-refractivity contribution is 8.01. The molecule has 1 aromatic rings. The van der Waals surface area contributed by atoms with Crippen LogP contribution in [0.2, 0.25) is 0 Å². The van der Waals surface area contributed by atoms with E-state index in [0.29, 0.717) is 24.6 Å². The van der Waals surface area contributed by atoms with Gasteiger partial charge in [0.15, 0.2) is 17.1 Å². The molecule has 0 saturated carbocycles. The summed E-state index contributed by atoms with van der Waals surface area (Å²) in [6.45, 7) is 4.40. The summed E-state index contributed by atoms with van der Waals surface area (Å²) >= 11 is 2.81. The molecule has 0 N–H and O–H groups in total. The molecule has 0 aliphatic rings. The van der Waals surface area contributed by atoms with E-state index in [1.807, 2.05) is 13.8 Å². The van der Waals surface area contributed by atoms with Crippen LogP contribution in [0.1, 0.15) is 25.1 Å². The van der Waals surface area contributed by atoms with Gasteiger partial charge < -0.3 is 5.21 Å². The number of halogens is 2. The molecule has 3 nitrogen and oxygen atoms in total. The summed E-state index contributed by atoms with van der Waals surface area (Å²) in [5.41, 5.74) is 0. The van der Waals surface area contributed by atoms with Crippen LogP contribution in [0.5, 0.6) is 0 Å². The zero-order valence-electron chi connectivity index (χ0n) is 10.8. The quantitative estimate of drug-likeness (QED) is 0.191.